The van der Waals surface area contributed by atoms with Crippen molar-refractivity contribution in [3.63, 3.8) is 0 Å². The fourth-order valence-corrected chi connectivity index (χ4v) is 2.54. The zero-order valence-electron chi connectivity index (χ0n) is 14.2. The van der Waals surface area contributed by atoms with Crippen molar-refractivity contribution in [3.05, 3.63) is 77.6 Å². The first kappa shape index (κ1) is 17.8. The van der Waals surface area contributed by atoms with Crippen LogP contribution >= 0.6 is 12.2 Å². The zero-order valence-corrected chi connectivity index (χ0v) is 15.0. The SMILES string of the molecule is CNC(=S)N/N=C/c1c(OCc2ccc(F)cc2)ccc2ccccc12. The van der Waals surface area contributed by atoms with E-state index in [2.05, 4.69) is 15.8 Å². The standard InChI is InChI=1S/C20H18FN3OS/c1-22-20(26)24-23-12-18-17-5-3-2-4-15(17)8-11-19(18)25-13-14-6-9-16(21)10-7-14/h2-12H,13H2,1H3,(H2,22,24,26)/b23-12+. The highest BCUT2D eigenvalue weighted by atomic mass is 32.1. The van der Waals surface area contributed by atoms with Gasteiger partial charge in [0.15, 0.2) is 5.11 Å². The maximum absolute atomic E-state index is 13.0. The minimum absolute atomic E-state index is 0.265. The Kier molecular flexibility index (Phi) is 5.76. The van der Waals surface area contributed by atoms with Crippen LogP contribution in [0.1, 0.15) is 11.1 Å². The number of rotatable bonds is 5. The van der Waals surface area contributed by atoms with Crippen LogP contribution in [-0.4, -0.2) is 18.4 Å². The molecule has 0 aromatic heterocycles. The second-order valence-corrected chi connectivity index (χ2v) is 5.97. The van der Waals surface area contributed by atoms with Gasteiger partial charge in [0.2, 0.25) is 0 Å². The van der Waals surface area contributed by atoms with Crippen LogP contribution in [0.2, 0.25) is 0 Å². The van der Waals surface area contributed by atoms with Crippen molar-refractivity contribution >= 4 is 34.3 Å². The number of fused-ring (bicyclic) bond motifs is 1. The third kappa shape index (κ3) is 4.34. The average Bonchev–Trinajstić information content (AvgIpc) is 2.68. The number of nitrogens with one attached hydrogen (secondary N) is 2. The third-order valence-electron chi connectivity index (χ3n) is 3.83. The van der Waals surface area contributed by atoms with Crippen molar-refractivity contribution < 1.29 is 9.13 Å². The largest absolute Gasteiger partial charge is 0.488 e. The monoisotopic (exact) mass is 367 g/mol. The normalized spacial score (nSPS) is 10.8. The Morgan fingerprint density at radius 3 is 2.65 bits per heavy atom. The van der Waals surface area contributed by atoms with Gasteiger partial charge in [-0.25, -0.2) is 4.39 Å². The molecule has 0 bridgehead atoms. The molecule has 0 fully saturated rings. The van der Waals surface area contributed by atoms with E-state index in [9.17, 15) is 4.39 Å². The Labute approximate surface area is 156 Å². The number of hydrogen-bond acceptors (Lipinski definition) is 3. The molecule has 0 unspecified atom stereocenters. The van der Waals surface area contributed by atoms with Gasteiger partial charge in [-0.05, 0) is 46.8 Å². The van der Waals surface area contributed by atoms with Gasteiger partial charge in [0.05, 0.1) is 6.21 Å². The van der Waals surface area contributed by atoms with E-state index in [1.807, 2.05) is 36.4 Å². The Morgan fingerprint density at radius 1 is 1.12 bits per heavy atom. The number of ether oxygens (including phenoxy) is 1. The summed E-state index contributed by atoms with van der Waals surface area (Å²) in [4.78, 5) is 0. The van der Waals surface area contributed by atoms with Crippen molar-refractivity contribution in [2.45, 2.75) is 6.61 Å². The second kappa shape index (κ2) is 8.40. The number of nitrogens with zero attached hydrogens (tertiary/aromatic N) is 1. The van der Waals surface area contributed by atoms with Gasteiger partial charge in [-0.1, -0.05) is 42.5 Å². The molecular weight excluding hydrogens is 349 g/mol. The lowest BCUT2D eigenvalue weighted by molar-refractivity contribution is 0.306. The molecule has 0 aliphatic rings. The highest BCUT2D eigenvalue weighted by Gasteiger charge is 2.08. The van der Waals surface area contributed by atoms with Gasteiger partial charge in [0, 0.05) is 12.6 Å². The zero-order chi connectivity index (χ0) is 18.4. The minimum atomic E-state index is -0.265. The molecule has 0 heterocycles. The molecule has 0 amide bonds. The topological polar surface area (TPSA) is 45.7 Å². The van der Waals surface area contributed by atoms with Crippen molar-refractivity contribution in [2.75, 3.05) is 7.05 Å². The molecule has 26 heavy (non-hydrogen) atoms. The van der Waals surface area contributed by atoms with Gasteiger partial charge in [0.25, 0.3) is 0 Å². The van der Waals surface area contributed by atoms with Crippen LogP contribution in [0.25, 0.3) is 10.8 Å². The maximum atomic E-state index is 13.0. The molecule has 132 valence electrons. The van der Waals surface area contributed by atoms with E-state index < -0.39 is 0 Å². The molecule has 0 spiro atoms. The summed E-state index contributed by atoms with van der Waals surface area (Å²) in [6.07, 6.45) is 1.69. The van der Waals surface area contributed by atoms with Crippen LogP contribution in [-0.2, 0) is 6.61 Å². The lowest BCUT2D eigenvalue weighted by atomic mass is 10.0. The van der Waals surface area contributed by atoms with E-state index in [1.54, 1.807) is 25.4 Å². The fraction of sp³-hybridized carbons (Fsp3) is 0.100. The van der Waals surface area contributed by atoms with Crippen molar-refractivity contribution in [3.8, 4) is 5.75 Å². The summed E-state index contributed by atoms with van der Waals surface area (Å²) in [5, 5.41) is 9.51. The Morgan fingerprint density at radius 2 is 1.88 bits per heavy atom. The van der Waals surface area contributed by atoms with Gasteiger partial charge < -0.3 is 10.1 Å². The molecule has 6 heteroatoms. The number of halogens is 1. The first-order valence-corrected chi connectivity index (χ1v) is 8.48. The summed E-state index contributed by atoms with van der Waals surface area (Å²) in [6.45, 7) is 0.335. The molecule has 3 aromatic rings. The fourth-order valence-electron chi connectivity index (χ4n) is 2.49. The summed E-state index contributed by atoms with van der Waals surface area (Å²) in [5.74, 6) is 0.424. The first-order valence-electron chi connectivity index (χ1n) is 8.07. The average molecular weight is 367 g/mol. The lowest BCUT2D eigenvalue weighted by Crippen LogP contribution is -2.28. The van der Waals surface area contributed by atoms with Gasteiger partial charge in [-0.2, -0.15) is 5.10 Å². The Balaban J connectivity index is 1.89. The van der Waals surface area contributed by atoms with E-state index in [-0.39, 0.29) is 5.82 Å². The Bertz CT molecular complexity index is 941. The molecule has 0 radical (unpaired) electrons. The van der Waals surface area contributed by atoms with Crippen LogP contribution in [0.5, 0.6) is 5.75 Å². The second-order valence-electron chi connectivity index (χ2n) is 5.56. The molecule has 4 nitrogen and oxygen atoms in total. The van der Waals surface area contributed by atoms with E-state index in [0.717, 1.165) is 21.9 Å². The summed E-state index contributed by atoms with van der Waals surface area (Å²) < 4.78 is 19.0. The smallest absolute Gasteiger partial charge is 0.186 e. The predicted octanol–water partition coefficient (Wildman–Crippen LogP) is 3.99. The highest BCUT2D eigenvalue weighted by molar-refractivity contribution is 7.80. The van der Waals surface area contributed by atoms with E-state index in [4.69, 9.17) is 17.0 Å². The van der Waals surface area contributed by atoms with Gasteiger partial charge >= 0.3 is 0 Å². The van der Waals surface area contributed by atoms with Crippen LogP contribution < -0.4 is 15.5 Å². The molecule has 3 rings (SSSR count). The molecular formula is C20H18FN3OS. The van der Waals surface area contributed by atoms with Crippen molar-refractivity contribution in [1.29, 1.82) is 0 Å². The number of benzene rings is 3. The molecule has 0 aliphatic carbocycles. The third-order valence-corrected chi connectivity index (χ3v) is 4.12. The highest BCUT2D eigenvalue weighted by Crippen LogP contribution is 2.27. The molecule has 0 saturated heterocycles. The van der Waals surface area contributed by atoms with Crippen molar-refractivity contribution in [2.24, 2.45) is 5.10 Å². The quantitative estimate of drug-likeness (QED) is 0.407. The molecule has 2 N–H and O–H groups in total. The Hall–Kier alpha value is -2.99. The number of hydrazone groups is 1. The van der Waals surface area contributed by atoms with Gasteiger partial charge in [-0.3, -0.25) is 5.43 Å². The van der Waals surface area contributed by atoms with Gasteiger partial charge in [0.1, 0.15) is 18.2 Å². The predicted molar refractivity (Wildman–Crippen MR) is 107 cm³/mol. The van der Waals surface area contributed by atoms with E-state index in [1.165, 1.54) is 12.1 Å². The molecule has 0 aliphatic heterocycles. The number of hydrogen-bond donors (Lipinski definition) is 2. The molecule has 0 saturated carbocycles. The summed E-state index contributed by atoms with van der Waals surface area (Å²) in [7, 11) is 1.72. The van der Waals surface area contributed by atoms with Gasteiger partial charge in [-0.15, -0.1) is 0 Å². The van der Waals surface area contributed by atoms with E-state index in [0.29, 0.717) is 17.5 Å². The molecule has 3 aromatic carbocycles. The lowest BCUT2D eigenvalue weighted by Gasteiger charge is -2.12. The van der Waals surface area contributed by atoms with Crippen LogP contribution in [0, 0.1) is 5.82 Å². The summed E-state index contributed by atoms with van der Waals surface area (Å²) in [6, 6.07) is 18.1. The maximum Gasteiger partial charge on any atom is 0.186 e. The van der Waals surface area contributed by atoms with Crippen LogP contribution in [0.3, 0.4) is 0 Å². The number of thiocarbonyl (C=S) groups is 1. The summed E-state index contributed by atoms with van der Waals surface area (Å²) in [5.41, 5.74) is 4.48. The van der Waals surface area contributed by atoms with E-state index >= 15 is 0 Å². The minimum Gasteiger partial charge on any atom is -0.488 e. The van der Waals surface area contributed by atoms with Crippen LogP contribution in [0.4, 0.5) is 4.39 Å². The molecule has 0 atom stereocenters. The van der Waals surface area contributed by atoms with Crippen molar-refractivity contribution in [1.82, 2.24) is 10.7 Å². The first-order chi connectivity index (χ1) is 12.7. The summed E-state index contributed by atoms with van der Waals surface area (Å²) >= 11 is 5.03. The van der Waals surface area contributed by atoms with Crippen LogP contribution in [0.15, 0.2) is 65.8 Å².